The molecule has 0 aliphatic heterocycles. The molecule has 0 aromatic heterocycles. The van der Waals surface area contributed by atoms with Crippen LogP contribution in [-0.4, -0.2) is 10.2 Å². The van der Waals surface area contributed by atoms with Crippen molar-refractivity contribution in [2.24, 2.45) is 0 Å². The van der Waals surface area contributed by atoms with Crippen molar-refractivity contribution in [3.05, 3.63) is 130 Å². The molecule has 0 radical (unpaired) electrons. The number of unbranched alkanes of at least 4 members (excludes halogenated alkanes) is 7. The van der Waals surface area contributed by atoms with Crippen LogP contribution in [0.4, 0.5) is 0 Å². The summed E-state index contributed by atoms with van der Waals surface area (Å²) in [6.45, 7) is 5.67. The van der Waals surface area contributed by atoms with Crippen LogP contribution >= 0.6 is 0 Å². The van der Waals surface area contributed by atoms with E-state index in [-0.39, 0.29) is 5.41 Å². The smallest absolute Gasteiger partial charge is 0.122 e. The average molecular weight is 535 g/mol. The molecule has 4 aromatic carbocycles. The second-order valence-electron chi connectivity index (χ2n) is 11.4. The second kappa shape index (κ2) is 14.2. The normalized spacial score (nSPS) is 11.6. The molecule has 0 fully saturated rings. The molecule has 0 bridgehead atoms. The minimum Gasteiger partial charge on any atom is -0.507 e. The largest absolute Gasteiger partial charge is 0.507 e. The fourth-order valence-corrected chi connectivity index (χ4v) is 6.34. The van der Waals surface area contributed by atoms with Crippen LogP contribution in [0.5, 0.6) is 11.5 Å². The Morgan fingerprint density at radius 1 is 0.450 bits per heavy atom. The highest BCUT2D eigenvalue weighted by atomic mass is 16.3. The summed E-state index contributed by atoms with van der Waals surface area (Å²) < 4.78 is 0. The lowest BCUT2D eigenvalue weighted by Gasteiger charge is -2.36. The van der Waals surface area contributed by atoms with E-state index in [0.717, 1.165) is 47.9 Å². The number of phenols is 2. The van der Waals surface area contributed by atoms with Crippen LogP contribution in [-0.2, 0) is 11.8 Å². The summed E-state index contributed by atoms with van der Waals surface area (Å²) in [7, 11) is 0. The van der Waals surface area contributed by atoms with Crippen molar-refractivity contribution in [1.29, 1.82) is 0 Å². The van der Waals surface area contributed by atoms with Gasteiger partial charge in [0.05, 0.1) is 0 Å². The van der Waals surface area contributed by atoms with Crippen LogP contribution < -0.4 is 0 Å². The molecule has 40 heavy (non-hydrogen) atoms. The molecule has 0 saturated carbocycles. The number of rotatable bonds is 14. The van der Waals surface area contributed by atoms with E-state index in [0.29, 0.717) is 11.5 Å². The third-order valence-corrected chi connectivity index (χ3v) is 8.89. The van der Waals surface area contributed by atoms with Gasteiger partial charge in [-0.15, -0.1) is 0 Å². The van der Waals surface area contributed by atoms with E-state index < -0.39 is 0 Å². The second-order valence-corrected chi connectivity index (χ2v) is 11.4. The van der Waals surface area contributed by atoms with E-state index >= 15 is 0 Å². The third-order valence-electron chi connectivity index (χ3n) is 8.89. The Morgan fingerprint density at radius 2 is 0.825 bits per heavy atom. The van der Waals surface area contributed by atoms with Gasteiger partial charge in [-0.3, -0.25) is 0 Å². The van der Waals surface area contributed by atoms with Crippen molar-refractivity contribution >= 4 is 0 Å². The van der Waals surface area contributed by atoms with Crippen molar-refractivity contribution in [2.75, 3.05) is 0 Å². The van der Waals surface area contributed by atoms with Crippen molar-refractivity contribution in [1.82, 2.24) is 0 Å². The van der Waals surface area contributed by atoms with Crippen molar-refractivity contribution in [2.45, 2.75) is 90.4 Å². The van der Waals surface area contributed by atoms with E-state index in [1.165, 1.54) is 55.2 Å². The first kappa shape index (κ1) is 29.5. The Bertz CT molecular complexity index is 1200. The third kappa shape index (κ3) is 6.61. The Morgan fingerprint density at radius 3 is 1.27 bits per heavy atom. The molecule has 0 saturated heterocycles. The number of aromatic hydroxyl groups is 2. The summed E-state index contributed by atoms with van der Waals surface area (Å²) in [5.41, 5.74) is 7.29. The minimum absolute atomic E-state index is 0.143. The van der Waals surface area contributed by atoms with E-state index in [1.807, 2.05) is 20.8 Å². The topological polar surface area (TPSA) is 40.5 Å². The molecule has 0 heterocycles. The van der Waals surface area contributed by atoms with Crippen LogP contribution in [0.25, 0.3) is 0 Å². The highest BCUT2D eigenvalue weighted by Gasteiger charge is 2.35. The van der Waals surface area contributed by atoms with Gasteiger partial charge in [0, 0.05) is 11.0 Å². The van der Waals surface area contributed by atoms with Crippen molar-refractivity contribution in [3.63, 3.8) is 0 Å². The SMILES string of the molecule is Cc1c(C)c(O)c(CCCCCCCCCCC(c2ccccc2)(c2ccccc2)c2ccccc2)c(C)c1O. The van der Waals surface area contributed by atoms with Gasteiger partial charge in [-0.1, -0.05) is 136 Å². The van der Waals surface area contributed by atoms with E-state index in [4.69, 9.17) is 0 Å². The molecule has 2 N–H and O–H groups in total. The molecule has 0 aliphatic carbocycles. The minimum atomic E-state index is -0.143. The lowest BCUT2D eigenvalue weighted by atomic mass is 9.66. The quantitative estimate of drug-likeness (QED) is 0.0960. The van der Waals surface area contributed by atoms with Crippen molar-refractivity contribution in [3.8, 4) is 11.5 Å². The van der Waals surface area contributed by atoms with E-state index in [1.54, 1.807) is 0 Å². The average Bonchev–Trinajstić information content (AvgIpc) is 3.01. The lowest BCUT2D eigenvalue weighted by molar-refractivity contribution is 0.441. The summed E-state index contributed by atoms with van der Waals surface area (Å²) >= 11 is 0. The van der Waals surface area contributed by atoms with Gasteiger partial charge >= 0.3 is 0 Å². The predicted molar refractivity (Wildman–Crippen MR) is 168 cm³/mol. The van der Waals surface area contributed by atoms with Crippen LogP contribution in [0.15, 0.2) is 91.0 Å². The molecule has 0 aliphatic rings. The highest BCUT2D eigenvalue weighted by Crippen LogP contribution is 2.43. The maximum absolute atomic E-state index is 10.6. The summed E-state index contributed by atoms with van der Waals surface area (Å²) in [6, 6.07) is 33.1. The van der Waals surface area contributed by atoms with Gasteiger partial charge in [-0.2, -0.15) is 0 Å². The highest BCUT2D eigenvalue weighted by molar-refractivity contribution is 5.56. The fourth-order valence-electron chi connectivity index (χ4n) is 6.34. The lowest BCUT2D eigenvalue weighted by Crippen LogP contribution is -2.29. The molecule has 210 valence electrons. The maximum Gasteiger partial charge on any atom is 0.122 e. The van der Waals surface area contributed by atoms with Gasteiger partial charge in [0.2, 0.25) is 0 Å². The van der Waals surface area contributed by atoms with Crippen LogP contribution in [0, 0.1) is 20.8 Å². The van der Waals surface area contributed by atoms with Gasteiger partial charge < -0.3 is 10.2 Å². The van der Waals surface area contributed by atoms with E-state index in [2.05, 4.69) is 91.0 Å². The van der Waals surface area contributed by atoms with Gasteiger partial charge in [0.25, 0.3) is 0 Å². The fraction of sp³-hybridized carbons (Fsp3) is 0.368. The Labute approximate surface area is 241 Å². The summed E-state index contributed by atoms with van der Waals surface area (Å²) in [5, 5.41) is 20.9. The van der Waals surface area contributed by atoms with Gasteiger partial charge in [0.15, 0.2) is 0 Å². The van der Waals surface area contributed by atoms with Crippen LogP contribution in [0.3, 0.4) is 0 Å². The number of phenolic OH excluding ortho intramolecular Hbond substituents is 2. The molecule has 0 unspecified atom stereocenters. The molecule has 0 atom stereocenters. The van der Waals surface area contributed by atoms with Crippen LogP contribution in [0.2, 0.25) is 0 Å². The van der Waals surface area contributed by atoms with Gasteiger partial charge in [0.1, 0.15) is 11.5 Å². The van der Waals surface area contributed by atoms with Gasteiger partial charge in [-0.05, 0) is 73.4 Å². The summed E-state index contributed by atoms with van der Waals surface area (Å²) in [5.74, 6) is 0.700. The monoisotopic (exact) mass is 534 g/mol. The maximum atomic E-state index is 10.6. The predicted octanol–water partition coefficient (Wildman–Crippen LogP) is 10.1. The summed E-state index contributed by atoms with van der Waals surface area (Å²) in [6.07, 6.45) is 11.6. The molecular weight excluding hydrogens is 488 g/mol. The zero-order valence-electron chi connectivity index (χ0n) is 24.6. The van der Waals surface area contributed by atoms with Crippen LogP contribution in [0.1, 0.15) is 96.7 Å². The molecule has 4 rings (SSSR count). The molecule has 0 spiro atoms. The van der Waals surface area contributed by atoms with E-state index in [9.17, 15) is 10.2 Å². The first-order chi connectivity index (χ1) is 19.5. The molecule has 2 nitrogen and oxygen atoms in total. The molecule has 2 heteroatoms. The number of benzene rings is 4. The standard InChI is InChI=1S/C38H46O2/c1-29-30(2)37(40)35(31(3)36(29)39)27-19-8-6-4-5-7-9-20-28-38(32-21-13-10-14-22-32,33-23-15-11-16-24-33)34-25-17-12-18-26-34/h10-18,21-26,39-40H,4-9,19-20,27-28H2,1-3H3. The summed E-state index contributed by atoms with van der Waals surface area (Å²) in [4.78, 5) is 0. The zero-order chi connectivity index (χ0) is 28.4. The first-order valence-corrected chi connectivity index (χ1v) is 15.1. The number of hydrogen-bond acceptors (Lipinski definition) is 2. The molecule has 4 aromatic rings. The Balaban J connectivity index is 1.29. The number of hydrogen-bond donors (Lipinski definition) is 2. The molecular formula is C38H46O2. The molecule has 0 amide bonds. The van der Waals surface area contributed by atoms with Crippen molar-refractivity contribution < 1.29 is 10.2 Å². The first-order valence-electron chi connectivity index (χ1n) is 15.1. The Kier molecular flexibility index (Phi) is 10.5. The van der Waals surface area contributed by atoms with Gasteiger partial charge in [-0.25, -0.2) is 0 Å². The zero-order valence-corrected chi connectivity index (χ0v) is 24.6. The Hall–Kier alpha value is -3.52.